The van der Waals surface area contributed by atoms with Crippen LogP contribution in [0.1, 0.15) is 11.1 Å². The van der Waals surface area contributed by atoms with Crippen LogP contribution in [0, 0.1) is 22.7 Å². The van der Waals surface area contributed by atoms with Gasteiger partial charge in [0, 0.05) is 0 Å². The molecule has 12 aromatic rings. The second-order valence-electron chi connectivity index (χ2n) is 15.3. The van der Waals surface area contributed by atoms with E-state index in [0.29, 0.717) is 11.1 Å². The van der Waals surface area contributed by atoms with Crippen LogP contribution in [0.5, 0.6) is 0 Å². The van der Waals surface area contributed by atoms with Gasteiger partial charge in [-0.25, -0.2) is 0 Å². The third-order valence-corrected chi connectivity index (χ3v) is 12.4. The molecule has 12 aromatic carbocycles. The summed E-state index contributed by atoms with van der Waals surface area (Å²) in [5, 5.41) is 37.2. The molecule has 2 heteroatoms. The Morgan fingerprint density at radius 3 is 1.48 bits per heavy atom. The van der Waals surface area contributed by atoms with Gasteiger partial charge in [0.05, 0.1) is 23.3 Å². The van der Waals surface area contributed by atoms with Crippen LogP contribution in [0.15, 0.2) is 182 Å². The Bertz CT molecular complexity index is 3750. The molecule has 0 aromatic heterocycles. The van der Waals surface area contributed by atoms with Gasteiger partial charge in [0.2, 0.25) is 0 Å². The number of rotatable bonds is 4. The minimum atomic E-state index is 0.622. The van der Waals surface area contributed by atoms with Gasteiger partial charge in [0.1, 0.15) is 0 Å². The fourth-order valence-corrected chi connectivity index (χ4v) is 10.1. The molecule has 0 radical (unpaired) electrons. The van der Waals surface area contributed by atoms with Gasteiger partial charge in [-0.3, -0.25) is 0 Å². The molecule has 0 bridgehead atoms. The van der Waals surface area contributed by atoms with Crippen LogP contribution in [0.3, 0.4) is 0 Å². The number of hydrogen-bond acceptors (Lipinski definition) is 2. The fourth-order valence-electron chi connectivity index (χ4n) is 10.1. The molecule has 0 unspecified atom stereocenters. The van der Waals surface area contributed by atoms with Crippen LogP contribution in [-0.2, 0) is 0 Å². The molecular weight excluding hydrogens is 701 g/mol. The molecule has 2 nitrogen and oxygen atoms in total. The van der Waals surface area contributed by atoms with Gasteiger partial charge in [0.15, 0.2) is 0 Å². The first-order valence-corrected chi connectivity index (χ1v) is 19.6. The quantitative estimate of drug-likeness (QED) is 0.169. The standard InChI is InChI=1S/C56H30N2/c57-31-33-12-8-16-36(28-33)50-49-30-48-41-21-7-6-20-40(41)43-22-10-24-45(53(43)48)54(49)51(37-17-9-13-34(29-37)32-58)56-47-27-26-42(44-23-11-25-46(52(44)47)55(50)56)39-19-5-4-18-38(39)35-14-2-1-3-15-35/h1-30H. The molecule has 0 fully saturated rings. The summed E-state index contributed by atoms with van der Waals surface area (Å²) in [5.41, 5.74) is 10.2. The SMILES string of the molecule is N#Cc1cccc(-c2c3cc4c5ccccc5c5cccc(c3c(-c3cccc(C#N)c3)c3c6ccc(-c7ccccc7-c7ccccc7)c7cccc(c23)c76)c54)c1. The second-order valence-corrected chi connectivity index (χ2v) is 15.3. The average molecular weight is 731 g/mol. The first-order valence-electron chi connectivity index (χ1n) is 19.6. The van der Waals surface area contributed by atoms with Crippen molar-refractivity contribution in [2.45, 2.75) is 0 Å². The zero-order chi connectivity index (χ0) is 38.5. The second kappa shape index (κ2) is 12.2. The lowest BCUT2D eigenvalue weighted by molar-refractivity contribution is 1.48. The number of nitriles is 2. The molecule has 0 N–H and O–H groups in total. The molecule has 0 aliphatic carbocycles. The van der Waals surface area contributed by atoms with Crippen molar-refractivity contribution in [1.82, 2.24) is 0 Å². The number of hydrogen-bond donors (Lipinski definition) is 0. The molecule has 0 aliphatic heterocycles. The maximum Gasteiger partial charge on any atom is 0.0991 e. The van der Waals surface area contributed by atoms with Crippen molar-refractivity contribution in [1.29, 1.82) is 10.5 Å². The fraction of sp³-hybridized carbons (Fsp3) is 0. The highest BCUT2D eigenvalue weighted by molar-refractivity contribution is 6.45. The molecule has 58 heavy (non-hydrogen) atoms. The molecule has 0 saturated carbocycles. The van der Waals surface area contributed by atoms with Crippen LogP contribution >= 0.6 is 0 Å². The van der Waals surface area contributed by atoms with Gasteiger partial charge in [-0.2, -0.15) is 10.5 Å². The molecule has 0 spiro atoms. The Morgan fingerprint density at radius 2 is 0.759 bits per heavy atom. The highest BCUT2D eigenvalue weighted by atomic mass is 14.3. The van der Waals surface area contributed by atoms with Crippen LogP contribution < -0.4 is 0 Å². The van der Waals surface area contributed by atoms with Gasteiger partial charge in [0.25, 0.3) is 0 Å². The molecule has 0 atom stereocenters. The van der Waals surface area contributed by atoms with E-state index in [4.69, 9.17) is 0 Å². The highest BCUT2D eigenvalue weighted by Crippen LogP contribution is 2.55. The minimum absolute atomic E-state index is 0.622. The van der Waals surface area contributed by atoms with E-state index >= 15 is 0 Å². The van der Waals surface area contributed by atoms with E-state index in [1.54, 1.807) is 0 Å². The topological polar surface area (TPSA) is 47.6 Å². The maximum absolute atomic E-state index is 10.2. The van der Waals surface area contributed by atoms with E-state index in [0.717, 1.165) is 43.8 Å². The zero-order valence-corrected chi connectivity index (χ0v) is 31.2. The first kappa shape index (κ1) is 32.2. The lowest BCUT2D eigenvalue weighted by Crippen LogP contribution is -1.92. The summed E-state index contributed by atoms with van der Waals surface area (Å²) in [6.07, 6.45) is 0. The monoisotopic (exact) mass is 730 g/mol. The summed E-state index contributed by atoms with van der Waals surface area (Å²) >= 11 is 0. The summed E-state index contributed by atoms with van der Waals surface area (Å²) in [6, 6.07) is 69.6. The van der Waals surface area contributed by atoms with Crippen molar-refractivity contribution in [3.05, 3.63) is 193 Å². The Balaban J connectivity index is 1.35. The number of benzene rings is 10. The van der Waals surface area contributed by atoms with Crippen molar-refractivity contribution < 1.29 is 0 Å². The Kier molecular flexibility index (Phi) is 6.80. The van der Waals surface area contributed by atoms with Crippen LogP contribution in [0.4, 0.5) is 0 Å². The summed E-state index contributed by atoms with van der Waals surface area (Å²) in [5.74, 6) is 0. The van der Waals surface area contributed by atoms with Gasteiger partial charge < -0.3 is 0 Å². The normalized spacial score (nSPS) is 11.8. The summed E-state index contributed by atoms with van der Waals surface area (Å²) in [6.45, 7) is 0. The highest BCUT2D eigenvalue weighted by Gasteiger charge is 2.27. The van der Waals surface area contributed by atoms with Crippen molar-refractivity contribution in [2.75, 3.05) is 0 Å². The van der Waals surface area contributed by atoms with Crippen LogP contribution in [-0.4, -0.2) is 0 Å². The van der Waals surface area contributed by atoms with E-state index in [9.17, 15) is 10.5 Å². The molecule has 0 aliphatic rings. The summed E-state index contributed by atoms with van der Waals surface area (Å²) < 4.78 is 0. The molecular formula is C56H30N2. The van der Waals surface area contributed by atoms with Crippen molar-refractivity contribution in [3.8, 4) is 56.6 Å². The van der Waals surface area contributed by atoms with Crippen LogP contribution in [0.2, 0.25) is 0 Å². The van der Waals surface area contributed by atoms with Gasteiger partial charge in [-0.1, -0.05) is 152 Å². The predicted octanol–water partition coefficient (Wildman–Crippen LogP) is 15.0. The maximum atomic E-state index is 10.2. The van der Waals surface area contributed by atoms with Crippen molar-refractivity contribution in [3.63, 3.8) is 0 Å². The average Bonchev–Trinajstić information content (AvgIpc) is 3.80. The number of nitrogens with zero attached hydrogens (tertiary/aromatic N) is 2. The summed E-state index contributed by atoms with van der Waals surface area (Å²) in [7, 11) is 0. The van der Waals surface area contributed by atoms with Gasteiger partial charge >= 0.3 is 0 Å². The molecule has 0 amide bonds. The lowest BCUT2D eigenvalue weighted by atomic mass is 9.83. The Labute approximate surface area is 334 Å². The number of fused-ring (bicyclic) bond motifs is 8. The van der Waals surface area contributed by atoms with Crippen molar-refractivity contribution >= 4 is 75.4 Å². The van der Waals surface area contributed by atoms with Crippen molar-refractivity contribution in [2.24, 2.45) is 0 Å². The molecule has 0 saturated heterocycles. The van der Waals surface area contributed by atoms with Gasteiger partial charge in [-0.05, 0) is 150 Å². The summed E-state index contributed by atoms with van der Waals surface area (Å²) in [4.78, 5) is 0. The molecule has 0 heterocycles. The van der Waals surface area contributed by atoms with E-state index in [1.807, 2.05) is 36.4 Å². The van der Waals surface area contributed by atoms with E-state index in [-0.39, 0.29) is 0 Å². The third-order valence-electron chi connectivity index (χ3n) is 12.4. The van der Waals surface area contributed by atoms with Crippen LogP contribution in [0.25, 0.3) is 120 Å². The Hall–Kier alpha value is -8.04. The largest absolute Gasteiger partial charge is 0.192 e. The van der Waals surface area contributed by atoms with Gasteiger partial charge in [-0.15, -0.1) is 0 Å². The van der Waals surface area contributed by atoms with E-state index in [2.05, 4.69) is 158 Å². The molecule has 264 valence electrons. The smallest absolute Gasteiger partial charge is 0.0991 e. The van der Waals surface area contributed by atoms with E-state index < -0.39 is 0 Å². The third kappa shape index (κ3) is 4.40. The van der Waals surface area contributed by atoms with E-state index in [1.165, 1.54) is 76.1 Å². The Morgan fingerprint density at radius 1 is 0.259 bits per heavy atom. The zero-order valence-electron chi connectivity index (χ0n) is 31.2. The molecule has 12 rings (SSSR count). The minimum Gasteiger partial charge on any atom is -0.192 e. The predicted molar refractivity (Wildman–Crippen MR) is 243 cm³/mol. The first-order chi connectivity index (χ1) is 28.7. The lowest BCUT2D eigenvalue weighted by Gasteiger charge is -2.19.